The Morgan fingerprint density at radius 3 is 2.95 bits per heavy atom. The van der Waals surface area contributed by atoms with Crippen LogP contribution < -0.4 is 19.5 Å². The minimum Gasteiger partial charge on any atom is -0.487 e. The Balaban J connectivity index is 1.92. The topological polar surface area (TPSA) is 49.0 Å². The lowest BCUT2D eigenvalue weighted by molar-refractivity contribution is 0.0806. The van der Waals surface area contributed by atoms with Gasteiger partial charge in [-0.1, -0.05) is 6.92 Å². The lowest BCUT2D eigenvalue weighted by atomic mass is 10.3. The van der Waals surface area contributed by atoms with Crippen LogP contribution in [0.2, 0.25) is 0 Å². The molecule has 1 aromatic carbocycles. The molecular weight excluding hydrogens is 246 g/mol. The van der Waals surface area contributed by atoms with E-state index in [2.05, 4.69) is 12.2 Å². The normalized spacial score (nSPS) is 14.4. The molecule has 5 heteroatoms. The first-order valence-electron chi connectivity index (χ1n) is 6.59. The highest BCUT2D eigenvalue weighted by atomic mass is 16.7. The lowest BCUT2D eigenvalue weighted by Crippen LogP contribution is -2.35. The molecule has 106 valence electrons. The van der Waals surface area contributed by atoms with Gasteiger partial charge in [0.2, 0.25) is 6.79 Å². The summed E-state index contributed by atoms with van der Waals surface area (Å²) in [5.74, 6) is 2.26. The van der Waals surface area contributed by atoms with E-state index in [1.807, 2.05) is 18.2 Å². The van der Waals surface area contributed by atoms with E-state index in [9.17, 15) is 0 Å². The molecule has 0 saturated heterocycles. The van der Waals surface area contributed by atoms with Crippen LogP contribution in [0.25, 0.3) is 0 Å². The molecule has 0 saturated carbocycles. The number of methoxy groups -OCH3 is 1. The standard InChI is InChI=1S/C14H21NO4/c1-3-6-15-8-12(9-16-2)19-11-4-5-13-14(7-11)18-10-17-13/h4-5,7,12,15H,3,6,8-10H2,1-2H3. The first kappa shape index (κ1) is 14.0. The van der Waals surface area contributed by atoms with Crippen LogP contribution in [0.15, 0.2) is 18.2 Å². The molecule has 2 rings (SSSR count). The first-order chi connectivity index (χ1) is 9.33. The van der Waals surface area contributed by atoms with Crippen molar-refractivity contribution in [2.45, 2.75) is 19.4 Å². The Morgan fingerprint density at radius 1 is 1.32 bits per heavy atom. The first-order valence-corrected chi connectivity index (χ1v) is 6.59. The van der Waals surface area contributed by atoms with Gasteiger partial charge in [-0.15, -0.1) is 0 Å². The summed E-state index contributed by atoms with van der Waals surface area (Å²) in [4.78, 5) is 0. The quantitative estimate of drug-likeness (QED) is 0.728. The molecule has 1 aliphatic heterocycles. The monoisotopic (exact) mass is 267 g/mol. The molecule has 0 amide bonds. The molecule has 0 radical (unpaired) electrons. The predicted molar refractivity (Wildman–Crippen MR) is 72.0 cm³/mol. The molecule has 5 nitrogen and oxygen atoms in total. The van der Waals surface area contributed by atoms with Crippen molar-refractivity contribution in [2.24, 2.45) is 0 Å². The minimum absolute atomic E-state index is 0.0167. The number of nitrogens with one attached hydrogen (secondary N) is 1. The van der Waals surface area contributed by atoms with Crippen LogP contribution in [-0.2, 0) is 4.74 Å². The van der Waals surface area contributed by atoms with Gasteiger partial charge in [0, 0.05) is 19.7 Å². The molecular formula is C14H21NO4. The Morgan fingerprint density at radius 2 is 2.16 bits per heavy atom. The van der Waals surface area contributed by atoms with Gasteiger partial charge in [-0.3, -0.25) is 0 Å². The molecule has 0 bridgehead atoms. The second-order valence-corrected chi connectivity index (χ2v) is 4.41. The SMILES string of the molecule is CCCNCC(COC)Oc1ccc2c(c1)OCO2. The van der Waals surface area contributed by atoms with E-state index in [0.717, 1.165) is 36.8 Å². The zero-order chi connectivity index (χ0) is 13.5. The average Bonchev–Trinajstić information content (AvgIpc) is 2.86. The third kappa shape index (κ3) is 4.01. The largest absolute Gasteiger partial charge is 0.487 e. The fourth-order valence-corrected chi connectivity index (χ4v) is 1.90. The van der Waals surface area contributed by atoms with E-state index in [1.165, 1.54) is 0 Å². The molecule has 1 aliphatic rings. The van der Waals surface area contributed by atoms with E-state index in [0.29, 0.717) is 6.61 Å². The van der Waals surface area contributed by atoms with Crippen molar-refractivity contribution in [3.63, 3.8) is 0 Å². The Labute approximate surface area is 113 Å². The van der Waals surface area contributed by atoms with E-state index < -0.39 is 0 Å². The number of rotatable bonds is 8. The van der Waals surface area contributed by atoms with Gasteiger partial charge in [-0.05, 0) is 25.1 Å². The van der Waals surface area contributed by atoms with Crippen molar-refractivity contribution in [2.75, 3.05) is 33.6 Å². The maximum absolute atomic E-state index is 5.90. The molecule has 0 fully saturated rings. The van der Waals surface area contributed by atoms with Gasteiger partial charge in [0.05, 0.1) is 6.61 Å². The summed E-state index contributed by atoms with van der Waals surface area (Å²) in [5, 5.41) is 3.33. The number of hydrogen-bond acceptors (Lipinski definition) is 5. The maximum atomic E-state index is 5.90. The zero-order valence-corrected chi connectivity index (χ0v) is 11.5. The molecule has 1 atom stereocenters. The molecule has 1 unspecified atom stereocenters. The number of benzene rings is 1. The highest BCUT2D eigenvalue weighted by Gasteiger charge is 2.16. The van der Waals surface area contributed by atoms with Crippen molar-refractivity contribution in [1.29, 1.82) is 0 Å². The van der Waals surface area contributed by atoms with Crippen LogP contribution in [0, 0.1) is 0 Å². The van der Waals surface area contributed by atoms with Crippen LogP contribution in [0.1, 0.15) is 13.3 Å². The van der Waals surface area contributed by atoms with Crippen molar-refractivity contribution < 1.29 is 18.9 Å². The molecule has 0 spiro atoms. The van der Waals surface area contributed by atoms with E-state index >= 15 is 0 Å². The summed E-state index contributed by atoms with van der Waals surface area (Å²) < 4.78 is 21.7. The Kier molecular flexibility index (Phi) is 5.30. The highest BCUT2D eigenvalue weighted by molar-refractivity contribution is 5.46. The number of hydrogen-bond donors (Lipinski definition) is 1. The average molecular weight is 267 g/mol. The fourth-order valence-electron chi connectivity index (χ4n) is 1.90. The van der Waals surface area contributed by atoms with Gasteiger partial charge in [0.25, 0.3) is 0 Å². The smallest absolute Gasteiger partial charge is 0.231 e. The van der Waals surface area contributed by atoms with Crippen molar-refractivity contribution >= 4 is 0 Å². The molecule has 1 aromatic rings. The van der Waals surface area contributed by atoms with Crippen LogP contribution in [0.4, 0.5) is 0 Å². The lowest BCUT2D eigenvalue weighted by Gasteiger charge is -2.19. The second kappa shape index (κ2) is 7.21. The summed E-state index contributed by atoms with van der Waals surface area (Å²) in [5.41, 5.74) is 0. The molecule has 0 aromatic heterocycles. The van der Waals surface area contributed by atoms with Crippen molar-refractivity contribution in [3.8, 4) is 17.2 Å². The van der Waals surface area contributed by atoms with Gasteiger partial charge in [-0.2, -0.15) is 0 Å². The molecule has 19 heavy (non-hydrogen) atoms. The van der Waals surface area contributed by atoms with Crippen LogP contribution in [0.5, 0.6) is 17.2 Å². The van der Waals surface area contributed by atoms with Gasteiger partial charge in [-0.25, -0.2) is 0 Å². The van der Waals surface area contributed by atoms with Crippen LogP contribution in [-0.4, -0.2) is 39.7 Å². The second-order valence-electron chi connectivity index (χ2n) is 4.41. The van der Waals surface area contributed by atoms with Gasteiger partial charge in [0.1, 0.15) is 11.9 Å². The van der Waals surface area contributed by atoms with Crippen molar-refractivity contribution in [3.05, 3.63) is 18.2 Å². The van der Waals surface area contributed by atoms with Gasteiger partial charge < -0.3 is 24.3 Å². The highest BCUT2D eigenvalue weighted by Crippen LogP contribution is 2.35. The Hall–Kier alpha value is -1.46. The van der Waals surface area contributed by atoms with E-state index in [1.54, 1.807) is 7.11 Å². The number of ether oxygens (including phenoxy) is 4. The maximum Gasteiger partial charge on any atom is 0.231 e. The summed E-state index contributed by atoms with van der Waals surface area (Å²) >= 11 is 0. The van der Waals surface area contributed by atoms with Gasteiger partial charge >= 0.3 is 0 Å². The van der Waals surface area contributed by atoms with Crippen LogP contribution in [0.3, 0.4) is 0 Å². The van der Waals surface area contributed by atoms with E-state index in [4.69, 9.17) is 18.9 Å². The van der Waals surface area contributed by atoms with Crippen molar-refractivity contribution in [1.82, 2.24) is 5.32 Å². The fraction of sp³-hybridized carbons (Fsp3) is 0.571. The third-order valence-corrected chi connectivity index (χ3v) is 2.80. The third-order valence-electron chi connectivity index (χ3n) is 2.80. The minimum atomic E-state index is -0.0167. The Bertz CT molecular complexity index is 397. The summed E-state index contributed by atoms with van der Waals surface area (Å²) in [6.07, 6.45) is 1.08. The molecule has 1 N–H and O–H groups in total. The van der Waals surface area contributed by atoms with Gasteiger partial charge in [0.15, 0.2) is 11.5 Å². The summed E-state index contributed by atoms with van der Waals surface area (Å²) in [7, 11) is 1.68. The predicted octanol–water partition coefficient (Wildman–Crippen LogP) is 1.81. The molecule has 0 aliphatic carbocycles. The van der Waals surface area contributed by atoms with E-state index in [-0.39, 0.29) is 12.9 Å². The number of fused-ring (bicyclic) bond motifs is 1. The van der Waals surface area contributed by atoms with Crippen LogP contribution >= 0.6 is 0 Å². The summed E-state index contributed by atoms with van der Waals surface area (Å²) in [6.45, 7) is 4.70. The zero-order valence-electron chi connectivity index (χ0n) is 11.5. The summed E-state index contributed by atoms with van der Waals surface area (Å²) in [6, 6.07) is 5.60. The molecule has 1 heterocycles.